The Morgan fingerprint density at radius 1 is 1.08 bits per heavy atom. The number of likely N-dealkylation sites (N-methyl/N-ethyl adjacent to an activating group) is 1. The third-order valence-corrected chi connectivity index (χ3v) is 4.12. The lowest BCUT2D eigenvalue weighted by Gasteiger charge is -2.35. The van der Waals surface area contributed by atoms with Crippen LogP contribution >= 0.6 is 0 Å². The largest absolute Gasteiger partial charge is 0.399 e. The molecule has 2 aromatic rings. The first-order valence-corrected chi connectivity index (χ1v) is 8.36. The van der Waals surface area contributed by atoms with Gasteiger partial charge in [0, 0.05) is 58.0 Å². The van der Waals surface area contributed by atoms with Crippen molar-refractivity contribution in [2.45, 2.75) is 13.8 Å². The maximum atomic E-state index is 6.09. The van der Waals surface area contributed by atoms with E-state index in [0.29, 0.717) is 0 Å². The molecule has 6 nitrogen and oxygen atoms in total. The molecule has 24 heavy (non-hydrogen) atoms. The van der Waals surface area contributed by atoms with Gasteiger partial charge < -0.3 is 24.8 Å². The van der Waals surface area contributed by atoms with Gasteiger partial charge in [-0.15, -0.1) is 0 Å². The van der Waals surface area contributed by atoms with Gasteiger partial charge in [-0.25, -0.2) is 4.98 Å². The fourth-order valence-electron chi connectivity index (χ4n) is 2.83. The average molecular weight is 331 g/mol. The van der Waals surface area contributed by atoms with E-state index in [1.165, 1.54) is 5.69 Å². The second-order valence-electron chi connectivity index (χ2n) is 6.03. The first-order valence-electron chi connectivity index (χ1n) is 8.36. The van der Waals surface area contributed by atoms with E-state index >= 15 is 0 Å². The van der Waals surface area contributed by atoms with Crippen LogP contribution in [0.25, 0.3) is 5.69 Å². The number of aromatic nitrogens is 2. The monoisotopic (exact) mass is 331 g/mol. The summed E-state index contributed by atoms with van der Waals surface area (Å²) >= 11 is 0. The molecule has 0 bridgehead atoms. The van der Waals surface area contributed by atoms with Gasteiger partial charge in [-0.05, 0) is 31.7 Å². The lowest BCUT2D eigenvalue weighted by molar-refractivity contribution is 0.271. The number of hydrogen-bond donors (Lipinski definition) is 1. The van der Waals surface area contributed by atoms with Gasteiger partial charge in [0.15, 0.2) is 0 Å². The van der Waals surface area contributed by atoms with E-state index in [-0.39, 0.29) is 0 Å². The third-order valence-electron chi connectivity index (χ3n) is 4.12. The van der Waals surface area contributed by atoms with Crippen molar-refractivity contribution in [3.63, 3.8) is 0 Å². The Morgan fingerprint density at radius 2 is 1.71 bits per heavy atom. The molecule has 2 heterocycles. The van der Waals surface area contributed by atoms with Gasteiger partial charge in [0.05, 0.1) is 17.7 Å². The highest BCUT2D eigenvalue weighted by Crippen LogP contribution is 2.24. The van der Waals surface area contributed by atoms with Gasteiger partial charge in [-0.2, -0.15) is 0 Å². The quantitative estimate of drug-likeness (QED) is 0.874. The number of rotatable bonds is 3. The molecule has 0 radical (unpaired) electrons. The summed E-state index contributed by atoms with van der Waals surface area (Å²) in [5, 5.41) is 0. The molecule has 3 rings (SSSR count). The normalized spacial score (nSPS) is 15.1. The number of nitrogens with two attached hydrogens (primary N) is 1. The Hall–Kier alpha value is -2.05. The third kappa shape index (κ3) is 4.72. The zero-order valence-electron chi connectivity index (χ0n) is 15.2. The predicted molar refractivity (Wildman–Crippen MR) is 100.0 cm³/mol. The van der Waals surface area contributed by atoms with Crippen LogP contribution in [0.2, 0.25) is 0 Å². The van der Waals surface area contributed by atoms with Crippen molar-refractivity contribution in [1.82, 2.24) is 14.5 Å². The van der Waals surface area contributed by atoms with Crippen LogP contribution in [0.1, 0.15) is 12.6 Å². The fraction of sp³-hybridized carbons (Fsp3) is 0.500. The Labute approximate surface area is 144 Å². The van der Waals surface area contributed by atoms with E-state index in [0.717, 1.165) is 49.8 Å². The topological polar surface area (TPSA) is 59.5 Å². The molecular formula is C18H29N5O. The molecule has 1 fully saturated rings. The van der Waals surface area contributed by atoms with Gasteiger partial charge in [-0.1, -0.05) is 6.92 Å². The number of methoxy groups -OCH3 is 1. The molecule has 2 N–H and O–H groups in total. The number of benzene rings is 1. The number of aryl methyl sites for hydroxylation is 1. The van der Waals surface area contributed by atoms with E-state index in [9.17, 15) is 0 Å². The van der Waals surface area contributed by atoms with Gasteiger partial charge >= 0.3 is 0 Å². The van der Waals surface area contributed by atoms with Crippen molar-refractivity contribution >= 4 is 11.4 Å². The molecule has 0 spiro atoms. The number of ether oxygens (including phenoxy) is 1. The van der Waals surface area contributed by atoms with Crippen LogP contribution in [0, 0.1) is 6.92 Å². The minimum atomic E-state index is 0.798. The molecular weight excluding hydrogens is 302 g/mol. The molecule has 1 aliphatic heterocycles. The molecule has 1 aromatic heterocycles. The Balaban J connectivity index is 0.000000647. The molecule has 1 saturated heterocycles. The molecule has 0 saturated carbocycles. The van der Waals surface area contributed by atoms with Gasteiger partial charge in [0.1, 0.15) is 0 Å². The molecule has 0 amide bonds. The number of nitrogens with zero attached hydrogens (tertiary/aromatic N) is 4. The summed E-state index contributed by atoms with van der Waals surface area (Å²) in [6.07, 6.45) is 3.86. The average Bonchev–Trinajstić information content (AvgIpc) is 3.02. The van der Waals surface area contributed by atoms with Crippen LogP contribution in [0.5, 0.6) is 0 Å². The van der Waals surface area contributed by atoms with Crippen molar-refractivity contribution in [2.75, 3.05) is 57.6 Å². The van der Waals surface area contributed by atoms with E-state index in [4.69, 9.17) is 5.73 Å². The minimum Gasteiger partial charge on any atom is -0.399 e. The number of hydrogen-bond acceptors (Lipinski definition) is 5. The van der Waals surface area contributed by atoms with E-state index < -0.39 is 0 Å². The summed E-state index contributed by atoms with van der Waals surface area (Å²) in [6, 6.07) is 6.25. The second-order valence-corrected chi connectivity index (χ2v) is 6.03. The number of piperazine rings is 1. The highest BCUT2D eigenvalue weighted by Gasteiger charge is 2.16. The number of imidazole rings is 1. The molecule has 6 heteroatoms. The number of nitrogen functional groups attached to an aromatic ring is 1. The van der Waals surface area contributed by atoms with Crippen LogP contribution in [-0.2, 0) is 4.74 Å². The Morgan fingerprint density at radius 3 is 2.25 bits per heavy atom. The van der Waals surface area contributed by atoms with Gasteiger partial charge in [0.25, 0.3) is 0 Å². The maximum Gasteiger partial charge on any atom is 0.0995 e. The molecule has 0 atom stereocenters. The van der Waals surface area contributed by atoms with Crippen LogP contribution in [-0.4, -0.2) is 61.4 Å². The van der Waals surface area contributed by atoms with E-state index in [1.807, 2.05) is 30.1 Å². The number of anilines is 2. The smallest absolute Gasteiger partial charge is 0.0995 e. The van der Waals surface area contributed by atoms with Crippen LogP contribution in [0.4, 0.5) is 11.4 Å². The van der Waals surface area contributed by atoms with Crippen molar-refractivity contribution in [3.05, 3.63) is 36.4 Å². The first kappa shape index (κ1) is 18.3. The highest BCUT2D eigenvalue weighted by atomic mass is 16.4. The predicted octanol–water partition coefficient (Wildman–Crippen LogP) is 2.17. The molecule has 0 aliphatic carbocycles. The van der Waals surface area contributed by atoms with Crippen molar-refractivity contribution in [2.24, 2.45) is 0 Å². The summed E-state index contributed by atoms with van der Waals surface area (Å²) in [5.41, 5.74) is 10.2. The summed E-state index contributed by atoms with van der Waals surface area (Å²) in [4.78, 5) is 9.18. The second kappa shape index (κ2) is 8.70. The lowest BCUT2D eigenvalue weighted by Crippen LogP contribution is -2.46. The van der Waals surface area contributed by atoms with E-state index in [1.54, 1.807) is 14.2 Å². The van der Waals surface area contributed by atoms with E-state index in [2.05, 4.69) is 38.6 Å². The van der Waals surface area contributed by atoms with Crippen molar-refractivity contribution < 1.29 is 4.74 Å². The lowest BCUT2D eigenvalue weighted by atomic mass is 10.2. The zero-order chi connectivity index (χ0) is 17.5. The SMILES string of the molecule is CCN1CCN(c2cc(N)cc(-n3cnc(C)c3)c2)CC1.COC. The molecule has 1 aromatic carbocycles. The molecule has 1 aliphatic rings. The minimum absolute atomic E-state index is 0.798. The van der Waals surface area contributed by atoms with Crippen LogP contribution in [0.15, 0.2) is 30.7 Å². The summed E-state index contributed by atoms with van der Waals surface area (Å²) in [7, 11) is 3.25. The zero-order valence-corrected chi connectivity index (χ0v) is 15.2. The highest BCUT2D eigenvalue weighted by molar-refractivity contribution is 5.63. The van der Waals surface area contributed by atoms with Crippen LogP contribution < -0.4 is 10.6 Å². The maximum absolute atomic E-state index is 6.09. The fourth-order valence-corrected chi connectivity index (χ4v) is 2.83. The Kier molecular flexibility index (Phi) is 6.63. The molecule has 132 valence electrons. The summed E-state index contributed by atoms with van der Waals surface area (Å²) < 4.78 is 6.28. The summed E-state index contributed by atoms with van der Waals surface area (Å²) in [5.74, 6) is 0. The summed E-state index contributed by atoms with van der Waals surface area (Å²) in [6.45, 7) is 9.68. The standard InChI is InChI=1S/C16H23N5.C2H6O/c1-3-19-4-6-20(7-5-19)15-8-14(17)9-16(10-15)21-11-13(2)18-12-21;1-3-2/h8-12H,3-7,17H2,1-2H3;1-2H3. The first-order chi connectivity index (χ1) is 11.6. The van der Waals surface area contributed by atoms with Crippen LogP contribution in [0.3, 0.4) is 0 Å². The van der Waals surface area contributed by atoms with Crippen molar-refractivity contribution in [3.8, 4) is 5.69 Å². The van der Waals surface area contributed by atoms with Gasteiger partial charge in [0.2, 0.25) is 0 Å². The Bertz CT molecular complexity index is 632. The molecule has 0 unspecified atom stereocenters. The van der Waals surface area contributed by atoms with Crippen molar-refractivity contribution in [1.29, 1.82) is 0 Å². The van der Waals surface area contributed by atoms with Gasteiger partial charge in [-0.3, -0.25) is 0 Å².